The molecule has 8 fully saturated rings. The van der Waals surface area contributed by atoms with Gasteiger partial charge in [0.1, 0.15) is 69.6 Å². The molecule has 4 aliphatic carbocycles. The Bertz CT molecular complexity index is 5920. The molecule has 4 saturated carbocycles. The third-order valence-corrected chi connectivity index (χ3v) is 35.9. The molecule has 0 unspecified atom stereocenters. The maximum Gasteiger partial charge on any atom is 0.192 e. The number of hydrogen-bond acceptors (Lipinski definition) is 21. The SMILES string of the molecule is C.CCCN(C)c1ccc2nc(C3(C)CC3)nc(N3CCC(c4ccccc4OC)CC3)c2c1.COc1ccccc1C1CCN(c2nc(C3(C)CC3)nc3ccc(Br)cc23)CC1.COc1ccccc1C1CCN(c2nc(C3(C)CC3)nc3ccc(N(C)CCO)cc23)CC1.COc1ccccc1C1CCN(c2nc(C3(C)CC3)nc3ccc(NCCO[Si](C)(C)C(C)(C)C)cc23)CC1. The van der Waals surface area contributed by atoms with Gasteiger partial charge in [0.25, 0.3) is 0 Å². The van der Waals surface area contributed by atoms with Gasteiger partial charge >= 0.3 is 0 Å². The molecule has 4 aliphatic heterocycles. The second kappa shape index (κ2) is 41.5. The smallest absolute Gasteiger partial charge is 0.192 e. The molecule has 23 heteroatoms. The summed E-state index contributed by atoms with van der Waals surface area (Å²) in [5.41, 5.74) is 13.4. The number of rotatable bonds is 27. The molecule has 0 radical (unpaired) electrons. The molecule has 0 bridgehead atoms. The van der Waals surface area contributed by atoms with Gasteiger partial charge in [-0.1, -0.05) is 152 Å². The van der Waals surface area contributed by atoms with Crippen LogP contribution in [0, 0.1) is 0 Å². The number of nitrogens with one attached hydrogen (secondary N) is 1. The Morgan fingerprint density at radius 3 is 0.993 bits per heavy atom. The average Bonchev–Trinajstić information content (AvgIpc) is 1.64. The zero-order chi connectivity index (χ0) is 93.9. The summed E-state index contributed by atoms with van der Waals surface area (Å²) < 4.78 is 30.0. The molecule has 8 heterocycles. The van der Waals surface area contributed by atoms with E-state index >= 15 is 0 Å². The highest BCUT2D eigenvalue weighted by molar-refractivity contribution is 9.10. The molecule has 4 aromatic heterocycles. The van der Waals surface area contributed by atoms with Crippen molar-refractivity contribution < 1.29 is 28.5 Å². The van der Waals surface area contributed by atoms with Gasteiger partial charge in [0.2, 0.25) is 0 Å². The van der Waals surface area contributed by atoms with Gasteiger partial charge in [-0.2, -0.15) is 0 Å². The molecule has 8 aliphatic rings. The van der Waals surface area contributed by atoms with Gasteiger partial charge in [-0.25, -0.2) is 39.9 Å². The largest absolute Gasteiger partial charge is 0.496 e. The standard InChI is InChI=1S/C32H46N4O2Si.C28H36N4O.C27H34N4O2.C24H26BrN3O.CH4/c1-31(2,3)39(6,7)38-21-18-33-24-12-13-27-26(22-24)29(35-30(34-27)32(4)16-17-32)36-19-14-23(15-20-36)25-10-8-9-11-28(25)37-5;1-5-16-31(3)21-10-11-24-23(19-21)26(30-27(29-24)28(2)14-15-28)32-17-12-20(13-18-32)22-8-6-7-9-25(22)33-4;1-27(12-13-27)26-28-23-9-8-20(30(2)16-17-32)18-22(23)25(29-26)31-14-10-19(11-15-31)21-6-4-5-7-24(21)33-3;1-24(11-12-24)23-26-20-8-7-17(25)15-19(20)22(27-23)28-13-9-16(10-14-28)18-5-3-4-6-21(18)29-2;/h8-13,22-23,33H,14-21H2,1-7H3;6-11,19-20H,5,12-18H2,1-4H3;4-9,18-19,32H,10-17H2,1-3H3;3-8,15-16H,9-14H2,1-2H3;1H4. The number of benzene rings is 8. The predicted molar refractivity (Wildman–Crippen MR) is 563 cm³/mol. The van der Waals surface area contributed by atoms with Gasteiger partial charge in [-0.05, 0) is 270 Å². The number of halogens is 1. The fourth-order valence-corrected chi connectivity index (χ4v) is 21.2. The van der Waals surface area contributed by atoms with Gasteiger partial charge in [0.05, 0.1) is 63.7 Å². The summed E-state index contributed by atoms with van der Waals surface area (Å²) in [6.45, 7) is 34.0. The predicted octanol–water partition coefficient (Wildman–Crippen LogP) is 24.4. The Kier molecular flexibility index (Phi) is 30.0. The van der Waals surface area contributed by atoms with Gasteiger partial charge < -0.3 is 63.2 Å². The Hall–Kier alpha value is -10.5. The van der Waals surface area contributed by atoms with E-state index in [-0.39, 0.29) is 40.7 Å². The zero-order valence-electron chi connectivity index (χ0n) is 82.3. The van der Waals surface area contributed by atoms with Crippen molar-refractivity contribution in [2.45, 2.75) is 235 Å². The van der Waals surface area contributed by atoms with Crippen LogP contribution in [0.1, 0.15) is 241 Å². The van der Waals surface area contributed by atoms with Crippen molar-refractivity contribution in [1.29, 1.82) is 0 Å². The fraction of sp³-hybridized carbons (Fsp3) is 0.500. The summed E-state index contributed by atoms with van der Waals surface area (Å²) in [4.78, 5) is 54.9. The van der Waals surface area contributed by atoms with E-state index in [2.05, 4.69) is 284 Å². The van der Waals surface area contributed by atoms with Crippen molar-refractivity contribution in [1.82, 2.24) is 39.9 Å². The number of aliphatic hydroxyl groups is 1. The van der Waals surface area contributed by atoms with E-state index in [9.17, 15) is 5.11 Å². The third-order valence-electron chi connectivity index (χ3n) is 30.9. The molecular weight excluding hydrogens is 1760 g/mol. The number of piperidine rings is 4. The lowest BCUT2D eigenvalue weighted by atomic mass is 9.88. The Balaban J connectivity index is 0.000000131. The van der Waals surface area contributed by atoms with Crippen molar-refractivity contribution in [3.63, 3.8) is 0 Å². The molecule has 12 aromatic rings. The van der Waals surface area contributed by atoms with E-state index in [1.54, 1.807) is 28.4 Å². The van der Waals surface area contributed by atoms with Gasteiger partial charge in [-0.3, -0.25) is 0 Å². The van der Waals surface area contributed by atoms with Crippen LogP contribution in [-0.2, 0) is 26.1 Å². The molecule has 2 N–H and O–H groups in total. The fourth-order valence-electron chi connectivity index (χ4n) is 19.8. The van der Waals surface area contributed by atoms with E-state index < -0.39 is 8.32 Å². The van der Waals surface area contributed by atoms with Gasteiger partial charge in [0.15, 0.2) is 8.32 Å². The summed E-state index contributed by atoms with van der Waals surface area (Å²) in [5.74, 6) is 14.4. The number of fused-ring (bicyclic) bond motifs is 4. The summed E-state index contributed by atoms with van der Waals surface area (Å²) in [7, 11) is 9.49. The molecule has 4 saturated heterocycles. The first-order valence-electron chi connectivity index (χ1n) is 49.5. The normalized spacial score (nSPS) is 17.9. The molecule has 0 spiro atoms. The van der Waals surface area contributed by atoms with Crippen LogP contribution in [0.3, 0.4) is 0 Å². The molecule has 8 aromatic carbocycles. The topological polar surface area (TPSA) is 201 Å². The molecule has 135 heavy (non-hydrogen) atoms. The Morgan fingerprint density at radius 2 is 0.696 bits per heavy atom. The maximum absolute atomic E-state index is 9.38. The summed E-state index contributed by atoms with van der Waals surface area (Å²) in [5, 5.41) is 17.7. The van der Waals surface area contributed by atoms with Crippen LogP contribution in [0.4, 0.5) is 40.3 Å². The van der Waals surface area contributed by atoms with Crippen molar-refractivity contribution in [3.05, 3.63) is 220 Å². The second-order valence-corrected chi connectivity index (χ2v) is 47.4. The third kappa shape index (κ3) is 21.9. The molecule has 21 nitrogen and oxygen atoms in total. The molecule has 0 amide bonds. The highest BCUT2D eigenvalue weighted by Gasteiger charge is 2.47. The van der Waals surface area contributed by atoms with Crippen LogP contribution in [0.25, 0.3) is 43.6 Å². The Morgan fingerprint density at radius 1 is 0.407 bits per heavy atom. The highest BCUT2D eigenvalue weighted by atomic mass is 79.9. The van der Waals surface area contributed by atoms with E-state index in [0.717, 1.165) is 260 Å². The number of nitrogens with zero attached hydrogens (tertiary/aromatic N) is 14. The monoisotopic (exact) mass is 1900 g/mol. The number of para-hydroxylation sites is 4. The molecule has 20 rings (SSSR count). The first kappa shape index (κ1) is 97.6. The lowest BCUT2D eigenvalue weighted by Gasteiger charge is -2.36. The van der Waals surface area contributed by atoms with Crippen LogP contribution < -0.4 is 53.7 Å². The summed E-state index contributed by atoms with van der Waals surface area (Å²) >= 11 is 3.63. The van der Waals surface area contributed by atoms with Crippen LogP contribution in [0.2, 0.25) is 18.1 Å². The van der Waals surface area contributed by atoms with E-state index in [1.807, 2.05) is 19.2 Å². The minimum Gasteiger partial charge on any atom is -0.496 e. The highest BCUT2D eigenvalue weighted by Crippen LogP contribution is 2.53. The number of aromatic nitrogens is 8. The minimum atomic E-state index is -1.75. The Labute approximate surface area is 812 Å². The van der Waals surface area contributed by atoms with Crippen molar-refractivity contribution in [2.75, 3.05) is 162 Å². The number of hydrogen-bond donors (Lipinski definition) is 2. The first-order chi connectivity index (χ1) is 64.6. The molecular formula is C112H146BrN15O6Si. The zero-order valence-corrected chi connectivity index (χ0v) is 84.9. The maximum atomic E-state index is 9.38. The average molecular weight is 1910 g/mol. The van der Waals surface area contributed by atoms with E-state index in [1.165, 1.54) is 71.9 Å². The molecule has 0 atom stereocenters. The van der Waals surface area contributed by atoms with Crippen LogP contribution >= 0.6 is 15.9 Å². The lowest BCUT2D eigenvalue weighted by Crippen LogP contribution is -2.41. The number of aliphatic hydroxyl groups excluding tert-OH is 1. The first-order valence-corrected chi connectivity index (χ1v) is 53.2. The minimum absolute atomic E-state index is 0. The quantitative estimate of drug-likeness (QED) is 0.0363. The number of likely N-dealkylation sites (N-methyl/N-ethyl adjacent to an activating group) is 1. The number of methoxy groups -OCH3 is 4. The number of ether oxygens (including phenoxy) is 4. The van der Waals surface area contributed by atoms with Crippen LogP contribution in [0.5, 0.6) is 23.0 Å². The van der Waals surface area contributed by atoms with Crippen LogP contribution in [0.15, 0.2) is 174 Å². The second-order valence-electron chi connectivity index (χ2n) is 41.6. The van der Waals surface area contributed by atoms with E-state index in [0.29, 0.717) is 36.8 Å². The van der Waals surface area contributed by atoms with E-state index in [4.69, 9.17) is 63.2 Å². The van der Waals surface area contributed by atoms with Crippen molar-refractivity contribution in [2.24, 2.45) is 0 Å². The van der Waals surface area contributed by atoms with Crippen molar-refractivity contribution in [3.8, 4) is 23.0 Å². The van der Waals surface area contributed by atoms with Gasteiger partial charge in [-0.15, -0.1) is 0 Å². The van der Waals surface area contributed by atoms with Gasteiger partial charge in [0, 0.05) is 151 Å². The summed E-state index contributed by atoms with van der Waals surface area (Å²) in [6.07, 6.45) is 19.3. The van der Waals surface area contributed by atoms with Crippen molar-refractivity contribution >= 4 is 108 Å². The lowest BCUT2D eigenvalue weighted by molar-refractivity contribution is 0.301. The number of anilines is 7. The summed E-state index contributed by atoms with van der Waals surface area (Å²) in [6, 6.07) is 59.8. The van der Waals surface area contributed by atoms with Crippen LogP contribution in [-0.4, -0.2) is 181 Å². The molecule has 716 valence electrons.